The Hall–Kier alpha value is -2.28. The Balaban J connectivity index is 1.93. The Kier molecular flexibility index (Phi) is 4.62. The van der Waals surface area contributed by atoms with Crippen molar-refractivity contribution in [3.63, 3.8) is 0 Å². The van der Waals surface area contributed by atoms with Crippen LogP contribution in [0.2, 0.25) is 0 Å². The second-order valence-electron chi connectivity index (χ2n) is 6.62. The molecule has 2 aromatic heterocycles. The van der Waals surface area contributed by atoms with Crippen LogP contribution in [0, 0.1) is 6.92 Å². The molecule has 1 saturated heterocycles. The van der Waals surface area contributed by atoms with Gasteiger partial charge in [0.25, 0.3) is 5.91 Å². The number of hydrogen-bond donors (Lipinski definition) is 0. The van der Waals surface area contributed by atoms with Crippen molar-refractivity contribution in [3.8, 4) is 0 Å². The van der Waals surface area contributed by atoms with Gasteiger partial charge in [-0.05, 0) is 33.9 Å². The van der Waals surface area contributed by atoms with Gasteiger partial charge in [-0.2, -0.15) is 5.10 Å². The second-order valence-corrected chi connectivity index (χ2v) is 6.62. The maximum absolute atomic E-state index is 12.9. The monoisotopic (exact) mass is 328 g/mol. The fraction of sp³-hybridized carbons (Fsp3) is 0.529. The minimum absolute atomic E-state index is 0.00866. The van der Waals surface area contributed by atoms with Gasteiger partial charge >= 0.3 is 0 Å². The van der Waals surface area contributed by atoms with Crippen molar-refractivity contribution in [3.05, 3.63) is 41.2 Å². The van der Waals surface area contributed by atoms with E-state index in [4.69, 9.17) is 0 Å². The minimum Gasteiger partial charge on any atom is -0.330 e. The molecule has 2 aromatic rings. The van der Waals surface area contributed by atoms with Crippen molar-refractivity contribution in [2.24, 2.45) is 7.05 Å². The third kappa shape index (κ3) is 3.31. The number of carbonyl (C=O) groups is 1. The highest BCUT2D eigenvalue weighted by molar-refractivity contribution is 5.94. The summed E-state index contributed by atoms with van der Waals surface area (Å²) in [5.41, 5.74) is 2.69. The van der Waals surface area contributed by atoms with E-state index in [1.807, 2.05) is 39.2 Å². The highest BCUT2D eigenvalue weighted by Gasteiger charge is 2.33. The van der Waals surface area contributed by atoms with Crippen molar-refractivity contribution >= 4 is 5.91 Å². The molecule has 1 aliphatic rings. The van der Waals surface area contributed by atoms with Gasteiger partial charge in [0, 0.05) is 38.1 Å². The van der Waals surface area contributed by atoms with Crippen LogP contribution in [0.25, 0.3) is 0 Å². The van der Waals surface area contributed by atoms with E-state index in [1.165, 1.54) is 0 Å². The van der Waals surface area contributed by atoms with Crippen LogP contribution in [-0.4, -0.2) is 56.1 Å². The lowest BCUT2D eigenvalue weighted by Crippen LogP contribution is -2.32. The van der Waals surface area contributed by atoms with Crippen LogP contribution in [0.4, 0.5) is 0 Å². The molecule has 0 N–H and O–H groups in total. The predicted molar refractivity (Wildman–Crippen MR) is 90.4 cm³/mol. The zero-order valence-corrected chi connectivity index (χ0v) is 14.7. The largest absolute Gasteiger partial charge is 0.330 e. The number of nitrogens with zero attached hydrogens (tertiary/aromatic N) is 6. The van der Waals surface area contributed by atoms with Gasteiger partial charge in [-0.1, -0.05) is 0 Å². The SMILES string of the molecule is Cc1ncc(CN(C)C)c([C@@H]2CCCN2C(=O)c2cnn(C)c2)n1. The van der Waals surface area contributed by atoms with E-state index >= 15 is 0 Å². The lowest BCUT2D eigenvalue weighted by Gasteiger charge is -2.26. The highest BCUT2D eigenvalue weighted by Crippen LogP contribution is 2.34. The van der Waals surface area contributed by atoms with Crippen molar-refractivity contribution in [2.75, 3.05) is 20.6 Å². The molecule has 0 aliphatic carbocycles. The molecule has 1 fully saturated rings. The van der Waals surface area contributed by atoms with Crippen molar-refractivity contribution < 1.29 is 4.79 Å². The number of rotatable bonds is 4. The molecule has 24 heavy (non-hydrogen) atoms. The molecule has 0 unspecified atom stereocenters. The third-order valence-electron chi connectivity index (χ3n) is 4.29. The molecule has 1 aliphatic heterocycles. The number of hydrogen-bond acceptors (Lipinski definition) is 5. The van der Waals surface area contributed by atoms with Gasteiger partial charge in [-0.3, -0.25) is 9.48 Å². The van der Waals surface area contributed by atoms with Crippen molar-refractivity contribution in [1.82, 2.24) is 29.5 Å². The molecule has 7 heteroatoms. The Labute approximate surface area is 142 Å². The fourth-order valence-corrected chi connectivity index (χ4v) is 3.26. The molecule has 0 saturated carbocycles. The van der Waals surface area contributed by atoms with Gasteiger partial charge in [-0.15, -0.1) is 0 Å². The predicted octanol–water partition coefficient (Wildman–Crippen LogP) is 1.56. The Morgan fingerprint density at radius 1 is 1.38 bits per heavy atom. The Bertz CT molecular complexity index is 738. The standard InChI is InChI=1S/C17H24N6O/c1-12-18-8-13(10-21(2)3)16(20-12)15-6-5-7-23(15)17(24)14-9-19-22(4)11-14/h8-9,11,15H,5-7,10H2,1-4H3/t15-/m0/s1. The van der Waals surface area contributed by atoms with E-state index in [0.29, 0.717) is 5.56 Å². The van der Waals surface area contributed by atoms with Gasteiger partial charge in [0.1, 0.15) is 5.82 Å². The van der Waals surface area contributed by atoms with Gasteiger partial charge in [0.2, 0.25) is 0 Å². The van der Waals surface area contributed by atoms with Crippen LogP contribution >= 0.6 is 0 Å². The van der Waals surface area contributed by atoms with Crippen molar-refractivity contribution in [2.45, 2.75) is 32.4 Å². The van der Waals surface area contributed by atoms with Crippen LogP contribution in [0.1, 0.15) is 46.3 Å². The first-order valence-corrected chi connectivity index (χ1v) is 8.22. The van der Waals surface area contributed by atoms with Crippen LogP contribution in [0.5, 0.6) is 0 Å². The summed E-state index contributed by atoms with van der Waals surface area (Å²) < 4.78 is 1.66. The topological polar surface area (TPSA) is 67.2 Å². The summed E-state index contributed by atoms with van der Waals surface area (Å²) >= 11 is 0. The van der Waals surface area contributed by atoms with E-state index in [-0.39, 0.29) is 11.9 Å². The molecule has 1 atom stereocenters. The van der Waals surface area contributed by atoms with Gasteiger partial charge < -0.3 is 9.80 Å². The van der Waals surface area contributed by atoms with Crippen LogP contribution < -0.4 is 0 Å². The first kappa shape index (κ1) is 16.6. The third-order valence-corrected chi connectivity index (χ3v) is 4.29. The lowest BCUT2D eigenvalue weighted by molar-refractivity contribution is 0.0731. The van der Waals surface area contributed by atoms with E-state index in [9.17, 15) is 4.79 Å². The normalized spacial score (nSPS) is 17.7. The molecule has 3 rings (SSSR count). The van der Waals surface area contributed by atoms with E-state index in [1.54, 1.807) is 17.1 Å². The van der Waals surface area contributed by atoms with Gasteiger partial charge in [0.15, 0.2) is 0 Å². The first-order valence-electron chi connectivity index (χ1n) is 8.22. The Morgan fingerprint density at radius 3 is 2.83 bits per heavy atom. The van der Waals surface area contributed by atoms with Gasteiger partial charge in [0.05, 0.1) is 23.5 Å². The summed E-state index contributed by atoms with van der Waals surface area (Å²) in [6.07, 6.45) is 7.21. The van der Waals surface area contributed by atoms with Crippen molar-refractivity contribution in [1.29, 1.82) is 0 Å². The smallest absolute Gasteiger partial charge is 0.257 e. The summed E-state index contributed by atoms with van der Waals surface area (Å²) in [6, 6.07) is 0.00866. The molecule has 0 spiro atoms. The summed E-state index contributed by atoms with van der Waals surface area (Å²) in [5, 5.41) is 4.11. The van der Waals surface area contributed by atoms with Crippen LogP contribution in [0.3, 0.4) is 0 Å². The zero-order chi connectivity index (χ0) is 17.3. The number of aryl methyl sites for hydroxylation is 2. The van der Waals surface area contributed by atoms with Gasteiger partial charge in [-0.25, -0.2) is 9.97 Å². The van der Waals surface area contributed by atoms with Crippen LogP contribution in [0.15, 0.2) is 18.6 Å². The molecule has 7 nitrogen and oxygen atoms in total. The molecule has 1 amide bonds. The molecular weight excluding hydrogens is 304 g/mol. The molecule has 3 heterocycles. The number of amides is 1. The zero-order valence-electron chi connectivity index (χ0n) is 14.7. The number of likely N-dealkylation sites (tertiary alicyclic amines) is 1. The summed E-state index contributed by atoms with van der Waals surface area (Å²) in [4.78, 5) is 25.9. The quantitative estimate of drug-likeness (QED) is 0.852. The van der Waals surface area contributed by atoms with E-state index in [2.05, 4.69) is 20.0 Å². The maximum atomic E-state index is 12.9. The number of carbonyl (C=O) groups excluding carboxylic acids is 1. The van der Waals surface area contributed by atoms with Crippen LogP contribution in [-0.2, 0) is 13.6 Å². The first-order chi connectivity index (χ1) is 11.5. The second kappa shape index (κ2) is 6.68. The number of aromatic nitrogens is 4. The average Bonchev–Trinajstić information content (AvgIpc) is 3.17. The summed E-state index contributed by atoms with van der Waals surface area (Å²) in [7, 11) is 5.87. The lowest BCUT2D eigenvalue weighted by atomic mass is 10.0. The molecule has 128 valence electrons. The fourth-order valence-electron chi connectivity index (χ4n) is 3.26. The molecule has 0 bridgehead atoms. The summed E-state index contributed by atoms with van der Waals surface area (Å²) in [5.74, 6) is 0.769. The van der Waals surface area contributed by atoms with E-state index in [0.717, 1.165) is 43.0 Å². The average molecular weight is 328 g/mol. The molecule has 0 radical (unpaired) electrons. The highest BCUT2D eigenvalue weighted by atomic mass is 16.2. The summed E-state index contributed by atoms with van der Waals surface area (Å²) in [6.45, 7) is 3.41. The van der Waals surface area contributed by atoms with E-state index < -0.39 is 0 Å². The molecular formula is C17H24N6O. The minimum atomic E-state index is 0.00866. The Morgan fingerprint density at radius 2 is 2.17 bits per heavy atom. The maximum Gasteiger partial charge on any atom is 0.257 e. The molecule has 0 aromatic carbocycles.